The molecule has 6 heterocycles. The van der Waals surface area contributed by atoms with Crippen LogP contribution in [-0.4, -0.2) is 61.5 Å². The van der Waals surface area contributed by atoms with Gasteiger partial charge in [0.15, 0.2) is 17.2 Å². The number of nitrogens with zero attached hydrogens (tertiary/aromatic N) is 7. The molecule has 192 valence electrons. The quantitative estimate of drug-likeness (QED) is 0.348. The Morgan fingerprint density at radius 3 is 2.76 bits per heavy atom. The summed E-state index contributed by atoms with van der Waals surface area (Å²) >= 11 is 0. The molecule has 38 heavy (non-hydrogen) atoms. The SMILES string of the molecule is Cc1cnc2ccc(-c3nc(C(=O)NCc4cccc(N5CCOCC5)n4)c(N)nc3-c3ncco3)cn12. The standard InChI is InChI=1S/C26H25N9O3/c1-16-13-29-19-6-5-17(15-35(16)19)21-22(26-28-7-10-38-26)33-24(27)23(32-21)25(36)30-14-18-3-2-4-20(31-18)34-8-11-37-12-9-34/h2-7,10,13,15H,8-9,11-12,14H2,1H3,(H2,27,33)(H,30,36). The summed E-state index contributed by atoms with van der Waals surface area (Å²) in [5.41, 5.74) is 10.1. The van der Waals surface area contributed by atoms with Gasteiger partial charge in [-0.1, -0.05) is 6.07 Å². The van der Waals surface area contributed by atoms with Crippen LogP contribution < -0.4 is 16.0 Å². The van der Waals surface area contributed by atoms with Crippen LogP contribution in [0.15, 0.2) is 59.6 Å². The summed E-state index contributed by atoms with van der Waals surface area (Å²) in [6.07, 6.45) is 6.62. The molecule has 0 aliphatic carbocycles. The maximum absolute atomic E-state index is 13.2. The lowest BCUT2D eigenvalue weighted by Crippen LogP contribution is -2.37. The molecule has 1 aliphatic rings. The Labute approximate surface area is 217 Å². The second-order valence-electron chi connectivity index (χ2n) is 8.81. The highest BCUT2D eigenvalue weighted by Gasteiger charge is 2.23. The molecule has 1 amide bonds. The fourth-order valence-corrected chi connectivity index (χ4v) is 4.34. The lowest BCUT2D eigenvalue weighted by molar-refractivity contribution is 0.0946. The van der Waals surface area contributed by atoms with E-state index in [1.165, 1.54) is 12.5 Å². The highest BCUT2D eigenvalue weighted by molar-refractivity contribution is 5.97. The monoisotopic (exact) mass is 511 g/mol. The number of fused-ring (bicyclic) bond motifs is 1. The molecule has 0 unspecified atom stereocenters. The van der Waals surface area contributed by atoms with Gasteiger partial charge in [0.05, 0.1) is 31.6 Å². The van der Waals surface area contributed by atoms with E-state index in [1.807, 2.05) is 47.9 Å². The molecule has 12 heteroatoms. The van der Waals surface area contributed by atoms with E-state index < -0.39 is 5.91 Å². The number of aryl methyl sites for hydroxylation is 1. The average molecular weight is 512 g/mol. The molecule has 0 atom stereocenters. The number of nitrogens with two attached hydrogens (primary N) is 1. The second-order valence-corrected chi connectivity index (χ2v) is 8.81. The maximum atomic E-state index is 13.2. The van der Waals surface area contributed by atoms with E-state index >= 15 is 0 Å². The van der Waals surface area contributed by atoms with Gasteiger partial charge in [-0.25, -0.2) is 24.9 Å². The van der Waals surface area contributed by atoms with E-state index in [4.69, 9.17) is 14.9 Å². The number of anilines is 2. The van der Waals surface area contributed by atoms with Gasteiger partial charge in [0.25, 0.3) is 5.91 Å². The zero-order valence-corrected chi connectivity index (χ0v) is 20.7. The Morgan fingerprint density at radius 2 is 1.95 bits per heavy atom. The molecule has 1 fully saturated rings. The fourth-order valence-electron chi connectivity index (χ4n) is 4.34. The molecule has 0 radical (unpaired) electrons. The van der Waals surface area contributed by atoms with Crippen LogP contribution in [0.25, 0.3) is 28.5 Å². The first-order chi connectivity index (χ1) is 18.6. The number of imidazole rings is 1. The molecule has 5 aromatic heterocycles. The van der Waals surface area contributed by atoms with Crippen molar-refractivity contribution >= 4 is 23.2 Å². The molecule has 0 saturated carbocycles. The van der Waals surface area contributed by atoms with Crippen LogP contribution in [-0.2, 0) is 11.3 Å². The van der Waals surface area contributed by atoms with Crippen molar-refractivity contribution in [2.24, 2.45) is 0 Å². The summed E-state index contributed by atoms with van der Waals surface area (Å²) in [5.74, 6) is 0.600. The molecule has 6 rings (SSSR count). The normalized spacial score (nSPS) is 13.7. The Bertz CT molecular complexity index is 1610. The third-order valence-corrected chi connectivity index (χ3v) is 6.29. The van der Waals surface area contributed by atoms with Gasteiger partial charge in [-0.2, -0.15) is 0 Å². The van der Waals surface area contributed by atoms with Crippen LogP contribution in [0.4, 0.5) is 11.6 Å². The second kappa shape index (κ2) is 9.90. The van der Waals surface area contributed by atoms with E-state index in [2.05, 4.69) is 35.1 Å². The minimum Gasteiger partial charge on any atom is -0.443 e. The minimum absolute atomic E-state index is 0.00194. The molecule has 0 bridgehead atoms. The van der Waals surface area contributed by atoms with Gasteiger partial charge in [0, 0.05) is 36.7 Å². The summed E-state index contributed by atoms with van der Waals surface area (Å²) in [6, 6.07) is 9.46. The molecule has 3 N–H and O–H groups in total. The van der Waals surface area contributed by atoms with E-state index in [1.54, 1.807) is 6.20 Å². The van der Waals surface area contributed by atoms with Gasteiger partial charge in [-0.05, 0) is 31.2 Å². The van der Waals surface area contributed by atoms with Crippen molar-refractivity contribution in [1.82, 2.24) is 34.6 Å². The number of aromatic nitrogens is 6. The fraction of sp³-hybridized carbons (Fsp3) is 0.231. The Hall–Kier alpha value is -4.84. The average Bonchev–Trinajstić information content (AvgIpc) is 3.62. The first-order valence-electron chi connectivity index (χ1n) is 12.1. The lowest BCUT2D eigenvalue weighted by Gasteiger charge is -2.28. The highest BCUT2D eigenvalue weighted by Crippen LogP contribution is 2.30. The molecule has 12 nitrogen and oxygen atoms in total. The smallest absolute Gasteiger partial charge is 0.274 e. The number of carbonyl (C=O) groups excluding carboxylic acids is 1. The van der Waals surface area contributed by atoms with Crippen LogP contribution in [0.1, 0.15) is 21.9 Å². The van der Waals surface area contributed by atoms with Gasteiger partial charge in [-0.3, -0.25) is 4.79 Å². The van der Waals surface area contributed by atoms with Crippen molar-refractivity contribution in [2.45, 2.75) is 13.5 Å². The minimum atomic E-state index is -0.464. The third-order valence-electron chi connectivity index (χ3n) is 6.29. The van der Waals surface area contributed by atoms with Crippen molar-refractivity contribution < 1.29 is 13.9 Å². The topological polar surface area (TPSA) is 150 Å². The number of nitrogen functional groups attached to an aromatic ring is 1. The van der Waals surface area contributed by atoms with E-state index in [0.717, 1.165) is 30.2 Å². The number of ether oxygens (including phenoxy) is 1. The van der Waals surface area contributed by atoms with E-state index in [9.17, 15) is 4.79 Å². The zero-order valence-electron chi connectivity index (χ0n) is 20.7. The van der Waals surface area contributed by atoms with E-state index in [-0.39, 0.29) is 23.9 Å². The number of amides is 1. The van der Waals surface area contributed by atoms with Crippen LogP contribution in [0.5, 0.6) is 0 Å². The summed E-state index contributed by atoms with van der Waals surface area (Å²) in [6.45, 7) is 5.04. The summed E-state index contributed by atoms with van der Waals surface area (Å²) in [5, 5.41) is 2.87. The Morgan fingerprint density at radius 1 is 1.08 bits per heavy atom. The molecular formula is C26H25N9O3. The Balaban J connectivity index is 1.31. The summed E-state index contributed by atoms with van der Waals surface area (Å²) in [7, 11) is 0. The highest BCUT2D eigenvalue weighted by atomic mass is 16.5. The van der Waals surface area contributed by atoms with Crippen molar-refractivity contribution in [2.75, 3.05) is 36.9 Å². The number of hydrogen-bond donors (Lipinski definition) is 2. The summed E-state index contributed by atoms with van der Waals surface area (Å²) in [4.78, 5) is 37.8. The van der Waals surface area contributed by atoms with Crippen molar-refractivity contribution in [3.63, 3.8) is 0 Å². The first-order valence-corrected chi connectivity index (χ1v) is 12.1. The van der Waals surface area contributed by atoms with Crippen LogP contribution >= 0.6 is 0 Å². The van der Waals surface area contributed by atoms with Crippen molar-refractivity contribution in [3.05, 3.63) is 72.3 Å². The lowest BCUT2D eigenvalue weighted by atomic mass is 10.1. The first kappa shape index (κ1) is 23.6. The van der Waals surface area contributed by atoms with Crippen LogP contribution in [0.2, 0.25) is 0 Å². The molecule has 0 spiro atoms. The van der Waals surface area contributed by atoms with E-state index in [0.29, 0.717) is 35.9 Å². The van der Waals surface area contributed by atoms with Crippen LogP contribution in [0, 0.1) is 6.92 Å². The number of oxazole rings is 1. The molecule has 1 aliphatic heterocycles. The number of carbonyl (C=O) groups is 1. The van der Waals surface area contributed by atoms with Crippen LogP contribution in [0.3, 0.4) is 0 Å². The number of nitrogens with one attached hydrogen (secondary N) is 1. The number of pyridine rings is 2. The molecule has 0 aromatic carbocycles. The number of morpholine rings is 1. The largest absolute Gasteiger partial charge is 0.443 e. The van der Waals surface area contributed by atoms with Gasteiger partial charge in [0.2, 0.25) is 5.89 Å². The zero-order chi connectivity index (χ0) is 26.1. The molecule has 1 saturated heterocycles. The Kier molecular flexibility index (Phi) is 6.14. The van der Waals surface area contributed by atoms with Gasteiger partial charge in [0.1, 0.15) is 23.4 Å². The van der Waals surface area contributed by atoms with Gasteiger partial charge >= 0.3 is 0 Å². The van der Waals surface area contributed by atoms with Crippen molar-refractivity contribution in [1.29, 1.82) is 0 Å². The molecular weight excluding hydrogens is 486 g/mol. The predicted octanol–water partition coefficient (Wildman–Crippen LogP) is 2.50. The third kappa shape index (κ3) is 4.52. The van der Waals surface area contributed by atoms with Gasteiger partial charge < -0.3 is 29.5 Å². The maximum Gasteiger partial charge on any atom is 0.274 e. The number of rotatable bonds is 6. The van der Waals surface area contributed by atoms with Crippen molar-refractivity contribution in [3.8, 4) is 22.8 Å². The number of hydrogen-bond acceptors (Lipinski definition) is 10. The predicted molar refractivity (Wildman–Crippen MR) is 139 cm³/mol. The summed E-state index contributed by atoms with van der Waals surface area (Å²) < 4.78 is 12.8. The molecule has 5 aromatic rings. The van der Waals surface area contributed by atoms with Gasteiger partial charge in [-0.15, -0.1) is 0 Å².